The highest BCUT2D eigenvalue weighted by atomic mass is 16.5. The van der Waals surface area contributed by atoms with Gasteiger partial charge in [0.05, 0.1) is 13.2 Å². The summed E-state index contributed by atoms with van der Waals surface area (Å²) < 4.78 is 15.9. The Balaban J connectivity index is 2.24. The lowest BCUT2D eigenvalue weighted by Crippen LogP contribution is -2.24. The number of methoxy groups -OCH3 is 1. The summed E-state index contributed by atoms with van der Waals surface area (Å²) in [6, 6.07) is 9.27. The van der Waals surface area contributed by atoms with Crippen LogP contribution < -0.4 is 0 Å². The van der Waals surface area contributed by atoms with Crippen LogP contribution >= 0.6 is 0 Å². The molecule has 20 heavy (non-hydrogen) atoms. The maximum absolute atomic E-state index is 12.2. The third-order valence-electron chi connectivity index (χ3n) is 2.91. The van der Waals surface area contributed by atoms with E-state index in [0.717, 1.165) is 6.42 Å². The molecule has 0 heterocycles. The summed E-state index contributed by atoms with van der Waals surface area (Å²) in [7, 11) is 1.65. The Morgan fingerprint density at radius 1 is 1.10 bits per heavy atom. The van der Waals surface area contributed by atoms with E-state index >= 15 is 0 Å². The Morgan fingerprint density at radius 2 is 1.85 bits per heavy atom. The number of Topliss-reactive ketones (excluding diaryl/α,β-unsaturated/α-hetero) is 1. The van der Waals surface area contributed by atoms with Gasteiger partial charge >= 0.3 is 0 Å². The fourth-order valence-electron chi connectivity index (χ4n) is 1.80. The zero-order valence-electron chi connectivity index (χ0n) is 12.3. The number of rotatable bonds is 11. The molecule has 0 fully saturated rings. The summed E-state index contributed by atoms with van der Waals surface area (Å²) in [4.78, 5) is 12.2. The molecule has 4 heteroatoms. The van der Waals surface area contributed by atoms with Crippen molar-refractivity contribution in [3.8, 4) is 0 Å². The number of benzene rings is 1. The van der Waals surface area contributed by atoms with Crippen molar-refractivity contribution in [1.82, 2.24) is 0 Å². The lowest BCUT2D eigenvalue weighted by Gasteiger charge is -2.15. The van der Waals surface area contributed by atoms with Gasteiger partial charge in [0.15, 0.2) is 5.78 Å². The summed E-state index contributed by atoms with van der Waals surface area (Å²) in [5.41, 5.74) is 0.704. The van der Waals surface area contributed by atoms with Crippen LogP contribution in [0.5, 0.6) is 0 Å². The highest BCUT2D eigenvalue weighted by Gasteiger charge is 2.18. The number of ketones is 1. The molecule has 0 saturated carbocycles. The van der Waals surface area contributed by atoms with Crippen molar-refractivity contribution in [3.05, 3.63) is 35.9 Å². The molecular formula is C16H24O4. The third kappa shape index (κ3) is 6.28. The van der Waals surface area contributed by atoms with Gasteiger partial charge in [-0.3, -0.25) is 4.79 Å². The van der Waals surface area contributed by atoms with Gasteiger partial charge in [-0.1, -0.05) is 37.3 Å². The fraction of sp³-hybridized carbons (Fsp3) is 0.562. The fourth-order valence-corrected chi connectivity index (χ4v) is 1.80. The number of hydrogen-bond acceptors (Lipinski definition) is 4. The molecule has 1 aromatic carbocycles. The maximum Gasteiger partial charge on any atom is 0.191 e. The van der Waals surface area contributed by atoms with E-state index in [-0.39, 0.29) is 11.9 Å². The van der Waals surface area contributed by atoms with Crippen LogP contribution in [0.1, 0.15) is 30.1 Å². The van der Waals surface area contributed by atoms with Crippen molar-refractivity contribution in [2.45, 2.75) is 25.9 Å². The molecule has 0 amide bonds. The van der Waals surface area contributed by atoms with Crippen LogP contribution in [0.15, 0.2) is 30.3 Å². The first-order valence-electron chi connectivity index (χ1n) is 7.07. The van der Waals surface area contributed by atoms with Crippen LogP contribution in [0.4, 0.5) is 0 Å². The second-order valence-electron chi connectivity index (χ2n) is 4.46. The first-order chi connectivity index (χ1) is 9.79. The van der Waals surface area contributed by atoms with Crippen molar-refractivity contribution in [3.63, 3.8) is 0 Å². The highest BCUT2D eigenvalue weighted by molar-refractivity contribution is 5.99. The van der Waals surface area contributed by atoms with Crippen LogP contribution in [0.2, 0.25) is 0 Å². The van der Waals surface area contributed by atoms with Crippen LogP contribution in [0.3, 0.4) is 0 Å². The summed E-state index contributed by atoms with van der Waals surface area (Å²) in [6.45, 7) is 4.31. The van der Waals surface area contributed by atoms with Gasteiger partial charge in [-0.05, 0) is 12.8 Å². The van der Waals surface area contributed by atoms with E-state index in [1.807, 2.05) is 37.3 Å². The van der Waals surface area contributed by atoms with E-state index in [1.165, 1.54) is 0 Å². The van der Waals surface area contributed by atoms with E-state index in [4.69, 9.17) is 14.2 Å². The SMILES string of the molecule is CCC(OCCCOCCOC)C(=O)c1ccccc1. The summed E-state index contributed by atoms with van der Waals surface area (Å²) in [5, 5.41) is 0. The second kappa shape index (κ2) is 10.5. The largest absolute Gasteiger partial charge is 0.382 e. The van der Waals surface area contributed by atoms with Gasteiger partial charge in [-0.2, -0.15) is 0 Å². The zero-order chi connectivity index (χ0) is 14.6. The molecule has 1 atom stereocenters. The molecule has 1 aromatic rings. The maximum atomic E-state index is 12.2. The van der Waals surface area contributed by atoms with E-state index in [0.29, 0.717) is 38.4 Å². The van der Waals surface area contributed by atoms with Gasteiger partial charge in [-0.25, -0.2) is 0 Å². The first-order valence-corrected chi connectivity index (χ1v) is 7.07. The Kier molecular flexibility index (Phi) is 8.87. The van der Waals surface area contributed by atoms with E-state index < -0.39 is 0 Å². The number of hydrogen-bond donors (Lipinski definition) is 0. The predicted octanol–water partition coefficient (Wildman–Crippen LogP) is 2.72. The molecule has 0 spiro atoms. The topological polar surface area (TPSA) is 44.8 Å². The lowest BCUT2D eigenvalue weighted by molar-refractivity contribution is 0.0223. The van der Waals surface area contributed by atoms with Crippen molar-refractivity contribution in [1.29, 1.82) is 0 Å². The molecule has 4 nitrogen and oxygen atoms in total. The molecule has 1 rings (SSSR count). The van der Waals surface area contributed by atoms with Crippen LogP contribution in [-0.2, 0) is 14.2 Å². The van der Waals surface area contributed by atoms with E-state index in [1.54, 1.807) is 7.11 Å². The zero-order valence-corrected chi connectivity index (χ0v) is 12.3. The monoisotopic (exact) mass is 280 g/mol. The summed E-state index contributed by atoms with van der Waals surface area (Å²) >= 11 is 0. The van der Waals surface area contributed by atoms with Crippen LogP contribution in [-0.4, -0.2) is 45.4 Å². The van der Waals surface area contributed by atoms with Crippen molar-refractivity contribution in [2.24, 2.45) is 0 Å². The number of carbonyl (C=O) groups excluding carboxylic acids is 1. The molecule has 0 aliphatic heterocycles. The molecule has 0 N–H and O–H groups in total. The number of carbonyl (C=O) groups is 1. The van der Waals surface area contributed by atoms with Gasteiger partial charge in [0.25, 0.3) is 0 Å². The predicted molar refractivity (Wildman–Crippen MR) is 78.1 cm³/mol. The molecule has 0 radical (unpaired) electrons. The standard InChI is InChI=1S/C16H24O4/c1-3-15(16(17)14-8-5-4-6-9-14)20-11-7-10-19-13-12-18-2/h4-6,8-9,15H,3,7,10-13H2,1-2H3. The van der Waals surface area contributed by atoms with E-state index in [2.05, 4.69) is 0 Å². The minimum Gasteiger partial charge on any atom is -0.382 e. The number of ether oxygens (including phenoxy) is 3. The summed E-state index contributed by atoms with van der Waals surface area (Å²) in [5.74, 6) is 0.0494. The molecular weight excluding hydrogens is 256 g/mol. The smallest absolute Gasteiger partial charge is 0.191 e. The second-order valence-corrected chi connectivity index (χ2v) is 4.46. The Hall–Kier alpha value is -1.23. The molecule has 1 unspecified atom stereocenters. The minimum absolute atomic E-state index is 0.0494. The van der Waals surface area contributed by atoms with Gasteiger partial charge < -0.3 is 14.2 Å². The van der Waals surface area contributed by atoms with Gasteiger partial charge in [0.1, 0.15) is 6.10 Å². The van der Waals surface area contributed by atoms with E-state index in [9.17, 15) is 4.79 Å². The molecule has 112 valence electrons. The van der Waals surface area contributed by atoms with Gasteiger partial charge in [0.2, 0.25) is 0 Å². The molecule has 0 aliphatic carbocycles. The Bertz CT molecular complexity index is 364. The van der Waals surface area contributed by atoms with Crippen LogP contribution in [0.25, 0.3) is 0 Å². The molecule has 0 aromatic heterocycles. The first kappa shape index (κ1) is 16.8. The highest BCUT2D eigenvalue weighted by Crippen LogP contribution is 2.09. The van der Waals surface area contributed by atoms with Crippen molar-refractivity contribution in [2.75, 3.05) is 33.5 Å². The minimum atomic E-state index is -0.364. The van der Waals surface area contributed by atoms with Crippen molar-refractivity contribution < 1.29 is 19.0 Å². The Morgan fingerprint density at radius 3 is 2.50 bits per heavy atom. The van der Waals surface area contributed by atoms with Crippen molar-refractivity contribution >= 4 is 5.78 Å². The summed E-state index contributed by atoms with van der Waals surface area (Å²) in [6.07, 6.45) is 1.09. The Labute approximate surface area is 121 Å². The van der Waals surface area contributed by atoms with Crippen LogP contribution in [0, 0.1) is 0 Å². The average Bonchev–Trinajstić information content (AvgIpc) is 2.50. The van der Waals surface area contributed by atoms with Gasteiger partial charge in [-0.15, -0.1) is 0 Å². The normalized spacial score (nSPS) is 12.3. The lowest BCUT2D eigenvalue weighted by atomic mass is 10.0. The molecule has 0 bridgehead atoms. The molecule has 0 aliphatic rings. The van der Waals surface area contributed by atoms with Gasteiger partial charge in [0, 0.05) is 25.9 Å². The third-order valence-corrected chi connectivity index (χ3v) is 2.91. The molecule has 0 saturated heterocycles. The average molecular weight is 280 g/mol. The quantitative estimate of drug-likeness (QED) is 0.462.